The zero-order valence-corrected chi connectivity index (χ0v) is 20.0. The molecule has 0 aliphatic heterocycles. The fourth-order valence-corrected chi connectivity index (χ4v) is 8.72. The Kier molecular flexibility index (Phi) is 6.23. The summed E-state index contributed by atoms with van der Waals surface area (Å²) in [6.45, 7) is 12.0. The molecule has 3 fully saturated rings. The molecular formula is C27H46O3. The van der Waals surface area contributed by atoms with Crippen LogP contribution in [0.25, 0.3) is 0 Å². The van der Waals surface area contributed by atoms with Gasteiger partial charge < -0.3 is 15.3 Å². The summed E-state index contributed by atoms with van der Waals surface area (Å²) in [5, 5.41) is 32.2. The lowest BCUT2D eigenvalue weighted by atomic mass is 9.46. The molecule has 4 aliphatic carbocycles. The normalized spacial score (nSPS) is 49.2. The van der Waals surface area contributed by atoms with Crippen LogP contribution < -0.4 is 0 Å². The van der Waals surface area contributed by atoms with Crippen molar-refractivity contribution >= 4 is 0 Å². The smallest absolute Gasteiger partial charge is 0.101 e. The van der Waals surface area contributed by atoms with Crippen LogP contribution in [0.15, 0.2) is 11.6 Å². The average molecular weight is 419 g/mol. The van der Waals surface area contributed by atoms with Gasteiger partial charge in [0.25, 0.3) is 0 Å². The summed E-state index contributed by atoms with van der Waals surface area (Å²) in [4.78, 5) is 0. The largest absolute Gasteiger partial charge is 0.390 e. The second kappa shape index (κ2) is 8.19. The van der Waals surface area contributed by atoms with E-state index in [1.165, 1.54) is 38.5 Å². The van der Waals surface area contributed by atoms with Crippen molar-refractivity contribution in [2.24, 2.45) is 46.3 Å². The zero-order valence-electron chi connectivity index (χ0n) is 20.0. The molecule has 4 unspecified atom stereocenters. The molecular weight excluding hydrogens is 372 g/mol. The molecule has 3 saturated carbocycles. The predicted octanol–water partition coefficient (Wildman–Crippen LogP) is 5.33. The number of aliphatic hydroxyl groups excluding tert-OH is 3. The fourth-order valence-electron chi connectivity index (χ4n) is 8.72. The molecule has 0 aromatic rings. The Hall–Kier alpha value is -0.380. The first kappa shape index (κ1) is 22.8. The summed E-state index contributed by atoms with van der Waals surface area (Å²) in [5.41, 5.74) is 1.20. The Labute approximate surface area is 184 Å². The minimum absolute atomic E-state index is 0.0646. The van der Waals surface area contributed by atoms with Crippen LogP contribution in [-0.2, 0) is 0 Å². The molecule has 3 heteroatoms. The third-order valence-electron chi connectivity index (χ3n) is 10.4. The lowest BCUT2D eigenvalue weighted by molar-refractivity contribution is -0.112. The van der Waals surface area contributed by atoms with E-state index in [4.69, 9.17) is 0 Å². The molecule has 3 N–H and O–H groups in total. The van der Waals surface area contributed by atoms with Gasteiger partial charge in [0, 0.05) is 0 Å². The standard InChI is InChI=1S/C27H46O3/c1-16(2)7-6-8-17(3)18-9-10-19-24-20(11-13-26(18,19)4)27(5)14-12-22(28)25(30)21(27)15-23(24)29/h15-20,22-25,28-30H,6-14H2,1-5H3/t17-,18-,19?,20?,22+,23?,24?,25-,26-,27-/m1/s1. The molecule has 0 radical (unpaired) electrons. The van der Waals surface area contributed by atoms with E-state index >= 15 is 0 Å². The van der Waals surface area contributed by atoms with Gasteiger partial charge in [0.05, 0.1) is 12.2 Å². The molecule has 0 saturated heterocycles. The van der Waals surface area contributed by atoms with Crippen LogP contribution in [-0.4, -0.2) is 33.6 Å². The van der Waals surface area contributed by atoms with Gasteiger partial charge in [0.2, 0.25) is 0 Å². The number of hydrogen-bond acceptors (Lipinski definition) is 3. The summed E-state index contributed by atoms with van der Waals surface area (Å²) in [7, 11) is 0. The van der Waals surface area contributed by atoms with Crippen LogP contribution in [0.1, 0.15) is 92.4 Å². The summed E-state index contributed by atoms with van der Waals surface area (Å²) < 4.78 is 0. The second-order valence-electron chi connectivity index (χ2n) is 12.4. The van der Waals surface area contributed by atoms with Crippen molar-refractivity contribution in [3.63, 3.8) is 0 Å². The van der Waals surface area contributed by atoms with Crippen LogP contribution in [0.5, 0.6) is 0 Å². The molecule has 172 valence electrons. The number of rotatable bonds is 5. The van der Waals surface area contributed by atoms with Crippen molar-refractivity contribution in [1.29, 1.82) is 0 Å². The van der Waals surface area contributed by atoms with Crippen LogP contribution in [0, 0.1) is 46.3 Å². The van der Waals surface area contributed by atoms with Gasteiger partial charge in [-0.2, -0.15) is 0 Å². The van der Waals surface area contributed by atoms with E-state index < -0.39 is 18.3 Å². The molecule has 0 spiro atoms. The van der Waals surface area contributed by atoms with Gasteiger partial charge in [-0.15, -0.1) is 0 Å². The molecule has 0 aromatic carbocycles. The van der Waals surface area contributed by atoms with Crippen LogP contribution in [0.3, 0.4) is 0 Å². The van der Waals surface area contributed by atoms with Crippen molar-refractivity contribution < 1.29 is 15.3 Å². The van der Waals surface area contributed by atoms with E-state index in [1.807, 2.05) is 6.08 Å². The lowest BCUT2D eigenvalue weighted by Gasteiger charge is -2.60. The van der Waals surface area contributed by atoms with Gasteiger partial charge in [-0.05, 0) is 90.4 Å². The van der Waals surface area contributed by atoms with Gasteiger partial charge in [-0.1, -0.05) is 60.0 Å². The fraction of sp³-hybridized carbons (Fsp3) is 0.926. The van der Waals surface area contributed by atoms with E-state index in [-0.39, 0.29) is 5.41 Å². The van der Waals surface area contributed by atoms with E-state index in [9.17, 15) is 15.3 Å². The van der Waals surface area contributed by atoms with Gasteiger partial charge in [0.15, 0.2) is 0 Å². The van der Waals surface area contributed by atoms with Gasteiger partial charge in [-0.3, -0.25) is 0 Å². The Morgan fingerprint density at radius 2 is 1.67 bits per heavy atom. The van der Waals surface area contributed by atoms with Gasteiger partial charge in [0.1, 0.15) is 6.10 Å². The Balaban J connectivity index is 1.56. The van der Waals surface area contributed by atoms with Crippen molar-refractivity contribution in [1.82, 2.24) is 0 Å². The van der Waals surface area contributed by atoms with Crippen molar-refractivity contribution in [3.05, 3.63) is 11.6 Å². The predicted molar refractivity (Wildman–Crippen MR) is 122 cm³/mol. The van der Waals surface area contributed by atoms with Gasteiger partial charge in [-0.25, -0.2) is 0 Å². The summed E-state index contributed by atoms with van der Waals surface area (Å²) in [6, 6.07) is 0. The van der Waals surface area contributed by atoms with Crippen LogP contribution in [0.2, 0.25) is 0 Å². The van der Waals surface area contributed by atoms with E-state index in [0.717, 1.165) is 36.2 Å². The quantitative estimate of drug-likeness (QED) is 0.529. The topological polar surface area (TPSA) is 60.7 Å². The molecule has 3 nitrogen and oxygen atoms in total. The molecule has 0 heterocycles. The maximum atomic E-state index is 11.3. The molecule has 10 atom stereocenters. The number of aliphatic hydroxyl groups is 3. The molecule has 0 bridgehead atoms. The van der Waals surface area contributed by atoms with Crippen LogP contribution in [0.4, 0.5) is 0 Å². The maximum absolute atomic E-state index is 11.3. The first-order valence-electron chi connectivity index (χ1n) is 12.9. The minimum Gasteiger partial charge on any atom is -0.390 e. The van der Waals surface area contributed by atoms with E-state index in [0.29, 0.717) is 29.6 Å². The highest BCUT2D eigenvalue weighted by atomic mass is 16.3. The van der Waals surface area contributed by atoms with Crippen molar-refractivity contribution in [2.45, 2.75) is 111 Å². The molecule has 4 aliphatic rings. The summed E-state index contributed by atoms with van der Waals surface area (Å²) >= 11 is 0. The minimum atomic E-state index is -0.801. The summed E-state index contributed by atoms with van der Waals surface area (Å²) in [6.07, 6.45) is 10.6. The highest BCUT2D eigenvalue weighted by molar-refractivity contribution is 5.31. The third-order valence-corrected chi connectivity index (χ3v) is 10.4. The average Bonchev–Trinajstić information content (AvgIpc) is 3.03. The molecule has 0 amide bonds. The monoisotopic (exact) mass is 418 g/mol. The molecule has 30 heavy (non-hydrogen) atoms. The van der Waals surface area contributed by atoms with E-state index in [1.54, 1.807) is 0 Å². The highest BCUT2D eigenvalue weighted by Crippen LogP contribution is 2.67. The first-order chi connectivity index (χ1) is 14.1. The first-order valence-corrected chi connectivity index (χ1v) is 12.9. The third kappa shape index (κ3) is 3.52. The van der Waals surface area contributed by atoms with E-state index in [2.05, 4.69) is 34.6 Å². The van der Waals surface area contributed by atoms with Crippen molar-refractivity contribution in [3.8, 4) is 0 Å². The molecule has 0 aromatic heterocycles. The lowest BCUT2D eigenvalue weighted by Crippen LogP contribution is -2.57. The van der Waals surface area contributed by atoms with Crippen molar-refractivity contribution in [2.75, 3.05) is 0 Å². The van der Waals surface area contributed by atoms with Crippen LogP contribution >= 0.6 is 0 Å². The SMILES string of the molecule is CC(C)CCC[C@@H](C)[C@H]1CCC2C3C(O)C=C4[C@@H](O)[C@@H](O)CC[C@]4(C)C3CC[C@@]21C. The second-order valence-corrected chi connectivity index (χ2v) is 12.4. The molecule has 4 rings (SSSR count). The Morgan fingerprint density at radius 3 is 2.37 bits per heavy atom. The Bertz CT molecular complexity index is 656. The Morgan fingerprint density at radius 1 is 0.933 bits per heavy atom. The maximum Gasteiger partial charge on any atom is 0.101 e. The number of hydrogen-bond donors (Lipinski definition) is 3. The summed E-state index contributed by atoms with van der Waals surface area (Å²) in [5.74, 6) is 3.67. The number of fused-ring (bicyclic) bond motifs is 5. The zero-order chi connectivity index (χ0) is 21.8. The van der Waals surface area contributed by atoms with Gasteiger partial charge >= 0.3 is 0 Å². The highest BCUT2D eigenvalue weighted by Gasteiger charge is 2.62.